The van der Waals surface area contributed by atoms with E-state index in [2.05, 4.69) is 15.6 Å². The van der Waals surface area contributed by atoms with Gasteiger partial charge in [0.15, 0.2) is 5.15 Å². The van der Waals surface area contributed by atoms with Gasteiger partial charge < -0.3 is 20.2 Å². The molecule has 2 unspecified atom stereocenters. The summed E-state index contributed by atoms with van der Waals surface area (Å²) in [6, 6.07) is 6.40. The Morgan fingerprint density at radius 3 is 2.91 bits per heavy atom. The van der Waals surface area contributed by atoms with Crippen molar-refractivity contribution in [2.75, 3.05) is 11.9 Å². The van der Waals surface area contributed by atoms with E-state index in [1.165, 1.54) is 0 Å². The zero-order valence-corrected chi connectivity index (χ0v) is 12.9. The fourth-order valence-corrected chi connectivity index (χ4v) is 2.24. The maximum atomic E-state index is 12.0. The standard InChI is InChI=1S/C15H18ClN3O3/c1-10(18-12(9-20)13-5-3-7-22-13)8-14(21)19-11-4-2-6-17-15(11)16/h2-7,10,12,18,20H,8-9H2,1H3,(H,19,21). The number of carbonyl (C=O) groups is 1. The number of aliphatic hydroxyl groups excluding tert-OH is 1. The van der Waals surface area contributed by atoms with Gasteiger partial charge in [-0.25, -0.2) is 4.98 Å². The molecule has 6 nitrogen and oxygen atoms in total. The molecule has 0 radical (unpaired) electrons. The van der Waals surface area contributed by atoms with Gasteiger partial charge in [-0.1, -0.05) is 11.6 Å². The molecule has 3 N–H and O–H groups in total. The van der Waals surface area contributed by atoms with Gasteiger partial charge in [-0.2, -0.15) is 0 Å². The summed E-state index contributed by atoms with van der Waals surface area (Å²) in [5.41, 5.74) is 0.478. The molecule has 0 saturated carbocycles. The van der Waals surface area contributed by atoms with Crippen molar-refractivity contribution >= 4 is 23.2 Å². The SMILES string of the molecule is CC(CC(=O)Nc1cccnc1Cl)NC(CO)c1ccco1. The average molecular weight is 324 g/mol. The van der Waals surface area contributed by atoms with Gasteiger partial charge in [0.05, 0.1) is 24.6 Å². The Bertz CT molecular complexity index is 604. The third kappa shape index (κ3) is 4.56. The summed E-state index contributed by atoms with van der Waals surface area (Å²) in [4.78, 5) is 15.9. The van der Waals surface area contributed by atoms with Gasteiger partial charge in [-0.3, -0.25) is 4.79 Å². The van der Waals surface area contributed by atoms with Crippen molar-refractivity contribution in [2.24, 2.45) is 0 Å². The van der Waals surface area contributed by atoms with Crippen LogP contribution in [0.4, 0.5) is 5.69 Å². The predicted molar refractivity (Wildman–Crippen MR) is 83.6 cm³/mol. The van der Waals surface area contributed by atoms with E-state index in [9.17, 15) is 9.90 Å². The van der Waals surface area contributed by atoms with Gasteiger partial charge in [0, 0.05) is 18.7 Å². The number of amides is 1. The van der Waals surface area contributed by atoms with Crippen molar-refractivity contribution in [1.29, 1.82) is 0 Å². The molecule has 7 heteroatoms. The molecule has 0 fully saturated rings. The number of aromatic nitrogens is 1. The molecule has 0 aliphatic rings. The molecule has 0 aliphatic heterocycles. The minimum absolute atomic E-state index is 0.117. The van der Waals surface area contributed by atoms with Crippen molar-refractivity contribution in [3.63, 3.8) is 0 Å². The predicted octanol–water partition coefficient (Wildman–Crippen LogP) is 2.37. The summed E-state index contributed by atoms with van der Waals surface area (Å²) in [5.74, 6) is 0.441. The molecule has 0 saturated heterocycles. The Morgan fingerprint density at radius 2 is 2.27 bits per heavy atom. The third-order valence-electron chi connectivity index (χ3n) is 3.08. The maximum absolute atomic E-state index is 12.0. The smallest absolute Gasteiger partial charge is 0.226 e. The zero-order valence-electron chi connectivity index (χ0n) is 12.1. The fraction of sp³-hybridized carbons (Fsp3) is 0.333. The lowest BCUT2D eigenvalue weighted by molar-refractivity contribution is -0.116. The number of carbonyl (C=O) groups excluding carboxylic acids is 1. The second kappa shape index (κ2) is 7.93. The van der Waals surface area contributed by atoms with Gasteiger partial charge in [-0.05, 0) is 31.2 Å². The quantitative estimate of drug-likeness (QED) is 0.681. The Balaban J connectivity index is 1.87. The van der Waals surface area contributed by atoms with E-state index >= 15 is 0 Å². The molecule has 118 valence electrons. The van der Waals surface area contributed by atoms with Crippen LogP contribution >= 0.6 is 11.6 Å². The molecule has 2 heterocycles. The summed E-state index contributed by atoms with van der Waals surface area (Å²) >= 11 is 5.89. The lowest BCUT2D eigenvalue weighted by Gasteiger charge is -2.19. The molecule has 2 atom stereocenters. The van der Waals surface area contributed by atoms with Crippen molar-refractivity contribution in [1.82, 2.24) is 10.3 Å². The maximum Gasteiger partial charge on any atom is 0.226 e. The fourth-order valence-electron chi connectivity index (χ4n) is 2.08. The highest BCUT2D eigenvalue weighted by molar-refractivity contribution is 6.32. The van der Waals surface area contributed by atoms with E-state index in [0.29, 0.717) is 11.4 Å². The lowest BCUT2D eigenvalue weighted by Crippen LogP contribution is -2.35. The number of rotatable bonds is 7. The highest BCUT2D eigenvalue weighted by Gasteiger charge is 2.18. The van der Waals surface area contributed by atoms with Gasteiger partial charge in [0.1, 0.15) is 5.76 Å². The highest BCUT2D eigenvalue weighted by atomic mass is 35.5. The van der Waals surface area contributed by atoms with Crippen LogP contribution in [0.1, 0.15) is 25.1 Å². The number of nitrogens with one attached hydrogen (secondary N) is 2. The number of hydrogen-bond donors (Lipinski definition) is 3. The van der Waals surface area contributed by atoms with Gasteiger partial charge in [0.25, 0.3) is 0 Å². The molecule has 1 amide bonds. The number of halogens is 1. The molecule has 2 aromatic rings. The van der Waals surface area contributed by atoms with Crippen LogP contribution in [0.2, 0.25) is 5.15 Å². The minimum Gasteiger partial charge on any atom is -0.468 e. The topological polar surface area (TPSA) is 87.4 Å². The van der Waals surface area contributed by atoms with Gasteiger partial charge in [0.2, 0.25) is 5.91 Å². The molecular weight excluding hydrogens is 306 g/mol. The second-order valence-corrected chi connectivity index (χ2v) is 5.27. The van der Waals surface area contributed by atoms with E-state index in [0.717, 1.165) is 0 Å². The van der Waals surface area contributed by atoms with Crippen LogP contribution in [0.25, 0.3) is 0 Å². The Kier molecular flexibility index (Phi) is 5.94. The van der Waals surface area contributed by atoms with E-state index < -0.39 is 0 Å². The summed E-state index contributed by atoms with van der Waals surface area (Å²) < 4.78 is 5.26. The van der Waals surface area contributed by atoms with E-state index in [1.807, 2.05) is 6.92 Å². The van der Waals surface area contributed by atoms with Crippen LogP contribution < -0.4 is 10.6 Å². The molecule has 2 aromatic heterocycles. The van der Waals surface area contributed by atoms with Crippen LogP contribution in [0.15, 0.2) is 41.1 Å². The van der Waals surface area contributed by atoms with Crippen LogP contribution in [-0.2, 0) is 4.79 Å². The van der Waals surface area contributed by atoms with E-state index in [1.54, 1.807) is 36.7 Å². The van der Waals surface area contributed by atoms with E-state index in [4.69, 9.17) is 16.0 Å². The van der Waals surface area contributed by atoms with Crippen molar-refractivity contribution in [3.8, 4) is 0 Å². The summed E-state index contributed by atoms with van der Waals surface area (Å²) in [6.45, 7) is 1.74. The normalized spacial score (nSPS) is 13.6. The lowest BCUT2D eigenvalue weighted by atomic mass is 10.1. The molecule has 0 spiro atoms. The van der Waals surface area contributed by atoms with Crippen LogP contribution in [0.3, 0.4) is 0 Å². The number of anilines is 1. The third-order valence-corrected chi connectivity index (χ3v) is 3.38. The Hall–Kier alpha value is -1.89. The van der Waals surface area contributed by atoms with Gasteiger partial charge >= 0.3 is 0 Å². The van der Waals surface area contributed by atoms with Crippen LogP contribution in [0.5, 0.6) is 0 Å². The first-order valence-corrected chi connectivity index (χ1v) is 7.28. The van der Waals surface area contributed by atoms with Crippen LogP contribution in [-0.4, -0.2) is 28.6 Å². The summed E-state index contributed by atoms with van der Waals surface area (Å²) in [5, 5.41) is 15.5. The second-order valence-electron chi connectivity index (χ2n) is 4.91. The molecular formula is C15H18ClN3O3. The average Bonchev–Trinajstić information content (AvgIpc) is 3.01. The first-order valence-electron chi connectivity index (χ1n) is 6.91. The number of pyridine rings is 1. The number of nitrogens with zero attached hydrogens (tertiary/aromatic N) is 1. The Labute approximate surface area is 133 Å². The molecule has 2 rings (SSSR count). The van der Waals surface area contributed by atoms with E-state index in [-0.39, 0.29) is 36.2 Å². The monoisotopic (exact) mass is 323 g/mol. The van der Waals surface area contributed by atoms with Crippen molar-refractivity contribution < 1.29 is 14.3 Å². The van der Waals surface area contributed by atoms with Crippen molar-refractivity contribution in [3.05, 3.63) is 47.6 Å². The molecule has 0 bridgehead atoms. The number of aliphatic hydroxyl groups is 1. The Morgan fingerprint density at radius 1 is 1.45 bits per heavy atom. The van der Waals surface area contributed by atoms with Gasteiger partial charge in [-0.15, -0.1) is 0 Å². The zero-order chi connectivity index (χ0) is 15.9. The minimum atomic E-state index is -0.347. The molecule has 22 heavy (non-hydrogen) atoms. The summed E-state index contributed by atoms with van der Waals surface area (Å²) in [6.07, 6.45) is 3.32. The number of furan rings is 1. The first-order chi connectivity index (χ1) is 10.6. The first kappa shape index (κ1) is 16.5. The molecule has 0 aromatic carbocycles. The van der Waals surface area contributed by atoms with Crippen molar-refractivity contribution in [2.45, 2.75) is 25.4 Å². The van der Waals surface area contributed by atoms with Crippen LogP contribution in [0, 0.1) is 0 Å². The largest absolute Gasteiger partial charge is 0.468 e. The highest BCUT2D eigenvalue weighted by Crippen LogP contribution is 2.18. The molecule has 0 aliphatic carbocycles. The number of hydrogen-bond acceptors (Lipinski definition) is 5. The summed E-state index contributed by atoms with van der Waals surface area (Å²) in [7, 11) is 0.